The molecule has 0 saturated carbocycles. The lowest BCUT2D eigenvalue weighted by Crippen LogP contribution is -2.49. The van der Waals surface area contributed by atoms with Gasteiger partial charge in [-0.1, -0.05) is 43.6 Å². The molecule has 27 heavy (non-hydrogen) atoms. The molecule has 1 aromatic carbocycles. The quantitative estimate of drug-likeness (QED) is 0.736. The number of benzene rings is 1. The zero-order valence-corrected chi connectivity index (χ0v) is 17.6. The number of aromatic nitrogens is 1. The van der Waals surface area contributed by atoms with Crippen molar-refractivity contribution >= 4 is 12.9 Å². The molecule has 1 unspecified atom stereocenters. The lowest BCUT2D eigenvalue weighted by Gasteiger charge is -2.37. The van der Waals surface area contributed by atoms with E-state index in [2.05, 4.69) is 50.0 Å². The van der Waals surface area contributed by atoms with Gasteiger partial charge in [-0.05, 0) is 58.2 Å². The van der Waals surface area contributed by atoms with E-state index >= 15 is 0 Å². The highest BCUT2D eigenvalue weighted by Gasteiger charge is 2.36. The average Bonchev–Trinajstić information content (AvgIpc) is 2.59. The highest BCUT2D eigenvalue weighted by Crippen LogP contribution is 2.37. The third-order valence-corrected chi connectivity index (χ3v) is 6.06. The monoisotopic (exact) mass is 369 g/mol. The van der Waals surface area contributed by atoms with E-state index in [4.69, 9.17) is 4.65 Å². The van der Waals surface area contributed by atoms with Crippen LogP contribution in [0.1, 0.15) is 59.7 Å². The smallest absolute Gasteiger partial charge is 0.309 e. The van der Waals surface area contributed by atoms with Crippen molar-refractivity contribution in [2.75, 3.05) is 0 Å². The molecule has 4 nitrogen and oxygen atoms in total. The van der Waals surface area contributed by atoms with Crippen LogP contribution in [0.3, 0.4) is 0 Å². The molecule has 0 aliphatic carbocycles. The highest BCUT2D eigenvalue weighted by molar-refractivity contribution is 6.47. The van der Waals surface area contributed by atoms with Gasteiger partial charge in [-0.25, -0.2) is 0 Å². The summed E-state index contributed by atoms with van der Waals surface area (Å²) in [6, 6.07) is 11.9. The Labute approximate surface area is 163 Å². The van der Waals surface area contributed by atoms with Gasteiger partial charge in [0, 0.05) is 5.41 Å². The summed E-state index contributed by atoms with van der Waals surface area (Å²) in [4.78, 5) is 4.46. The summed E-state index contributed by atoms with van der Waals surface area (Å²) in [5.74, 6) is 0.498. The van der Waals surface area contributed by atoms with Gasteiger partial charge < -0.3 is 14.9 Å². The fourth-order valence-electron chi connectivity index (χ4n) is 2.86. The molecule has 2 aromatic rings. The van der Waals surface area contributed by atoms with E-state index in [0.717, 1.165) is 11.2 Å². The molecule has 0 radical (unpaired) electrons. The molecule has 0 fully saturated rings. The maximum Gasteiger partial charge on any atom is 0.309 e. The van der Waals surface area contributed by atoms with Gasteiger partial charge in [-0.15, -0.1) is 0 Å². The predicted octanol–water partition coefficient (Wildman–Crippen LogP) is 3.29. The minimum atomic E-state index is -0.923. The van der Waals surface area contributed by atoms with Crippen molar-refractivity contribution < 1.29 is 14.9 Å². The SMILES string of the molecule is CC(C)C(C)(c1ccc(BOC(C)(C)C(C)(C)O)cc1)c1ccc(O)cn1. The van der Waals surface area contributed by atoms with Crippen molar-refractivity contribution in [3.8, 4) is 5.75 Å². The summed E-state index contributed by atoms with van der Waals surface area (Å²) in [7, 11) is 0.438. The van der Waals surface area contributed by atoms with E-state index in [1.807, 2.05) is 19.9 Å². The molecule has 0 aliphatic heterocycles. The molecule has 0 amide bonds. The van der Waals surface area contributed by atoms with Gasteiger partial charge in [0.15, 0.2) is 0 Å². The Balaban J connectivity index is 2.25. The van der Waals surface area contributed by atoms with Gasteiger partial charge >= 0.3 is 7.48 Å². The van der Waals surface area contributed by atoms with E-state index in [-0.39, 0.29) is 11.2 Å². The van der Waals surface area contributed by atoms with Crippen molar-refractivity contribution in [3.63, 3.8) is 0 Å². The average molecular weight is 369 g/mol. The molecule has 1 aromatic heterocycles. The topological polar surface area (TPSA) is 62.6 Å². The number of rotatable bonds is 7. The summed E-state index contributed by atoms with van der Waals surface area (Å²) < 4.78 is 5.96. The third-order valence-electron chi connectivity index (χ3n) is 6.06. The largest absolute Gasteiger partial charge is 0.506 e. The van der Waals surface area contributed by atoms with E-state index in [0.29, 0.717) is 13.4 Å². The Bertz CT molecular complexity index is 749. The summed E-state index contributed by atoms with van der Waals surface area (Å²) in [6.07, 6.45) is 1.50. The van der Waals surface area contributed by atoms with Gasteiger partial charge in [0.1, 0.15) is 5.75 Å². The zero-order valence-electron chi connectivity index (χ0n) is 17.6. The summed E-state index contributed by atoms with van der Waals surface area (Å²) in [6.45, 7) is 13.8. The van der Waals surface area contributed by atoms with Gasteiger partial charge in [-0.3, -0.25) is 4.98 Å². The number of pyridine rings is 1. The van der Waals surface area contributed by atoms with Gasteiger partial charge in [0.25, 0.3) is 0 Å². The van der Waals surface area contributed by atoms with Gasteiger partial charge in [0.05, 0.1) is 23.1 Å². The van der Waals surface area contributed by atoms with Gasteiger partial charge in [0.2, 0.25) is 0 Å². The number of hydrogen-bond acceptors (Lipinski definition) is 4. The van der Waals surface area contributed by atoms with Crippen LogP contribution in [0.4, 0.5) is 0 Å². The summed E-state index contributed by atoms with van der Waals surface area (Å²) >= 11 is 0. The zero-order chi connectivity index (χ0) is 20.5. The molecule has 0 aliphatic rings. The van der Waals surface area contributed by atoms with Crippen molar-refractivity contribution in [1.29, 1.82) is 0 Å². The van der Waals surface area contributed by atoms with Crippen LogP contribution >= 0.6 is 0 Å². The third kappa shape index (κ3) is 4.53. The van der Waals surface area contributed by atoms with Crippen LogP contribution in [0.5, 0.6) is 5.75 Å². The molecule has 5 heteroatoms. The van der Waals surface area contributed by atoms with E-state index in [1.165, 1.54) is 11.8 Å². The maximum absolute atomic E-state index is 10.2. The molecular formula is C22H32BNO3. The fraction of sp³-hybridized carbons (Fsp3) is 0.500. The van der Waals surface area contributed by atoms with Crippen LogP contribution in [0.15, 0.2) is 42.6 Å². The Hall–Kier alpha value is -1.85. The molecular weight excluding hydrogens is 337 g/mol. The second-order valence-corrected chi connectivity index (χ2v) is 8.81. The molecule has 2 N–H and O–H groups in total. The number of nitrogens with zero attached hydrogens (tertiary/aromatic N) is 1. The van der Waals surface area contributed by atoms with Crippen LogP contribution in [-0.2, 0) is 10.1 Å². The number of hydrogen-bond donors (Lipinski definition) is 2. The Morgan fingerprint density at radius 1 is 0.963 bits per heavy atom. The molecule has 0 spiro atoms. The predicted molar refractivity (Wildman–Crippen MR) is 112 cm³/mol. The van der Waals surface area contributed by atoms with Crippen LogP contribution in [0.25, 0.3) is 0 Å². The number of aromatic hydroxyl groups is 1. The molecule has 146 valence electrons. The minimum absolute atomic E-state index is 0.173. The van der Waals surface area contributed by atoms with Crippen LogP contribution in [0.2, 0.25) is 0 Å². The van der Waals surface area contributed by atoms with Gasteiger partial charge in [-0.2, -0.15) is 0 Å². The summed E-state index contributed by atoms with van der Waals surface area (Å²) in [5, 5.41) is 19.8. The second kappa shape index (κ2) is 7.65. The van der Waals surface area contributed by atoms with Crippen molar-refractivity contribution in [2.45, 2.75) is 65.1 Å². The molecule has 2 rings (SSSR count). The second-order valence-electron chi connectivity index (χ2n) is 8.81. The van der Waals surface area contributed by atoms with Crippen LogP contribution in [-0.4, -0.2) is 33.9 Å². The van der Waals surface area contributed by atoms with Crippen molar-refractivity contribution in [1.82, 2.24) is 4.98 Å². The lowest BCUT2D eigenvalue weighted by molar-refractivity contribution is -0.0893. The molecule has 1 atom stereocenters. The standard InChI is InChI=1S/C22H32BNO3/c1-15(2)22(7,19-13-12-18(25)14-24-19)16-8-10-17(11-9-16)23-27-21(5,6)20(3,4)26/h8-15,23,25-26H,1-7H3. The molecule has 0 saturated heterocycles. The first kappa shape index (κ1) is 21.5. The highest BCUT2D eigenvalue weighted by atomic mass is 16.5. The van der Waals surface area contributed by atoms with Crippen molar-refractivity contribution in [3.05, 3.63) is 53.9 Å². The molecule has 0 bridgehead atoms. The first-order valence-electron chi connectivity index (χ1n) is 9.49. The minimum Gasteiger partial charge on any atom is -0.506 e. The van der Waals surface area contributed by atoms with E-state index in [1.54, 1.807) is 19.9 Å². The van der Waals surface area contributed by atoms with Crippen molar-refractivity contribution in [2.24, 2.45) is 5.92 Å². The number of aliphatic hydroxyl groups is 1. The molecule has 1 heterocycles. The van der Waals surface area contributed by atoms with Crippen LogP contribution < -0.4 is 5.46 Å². The Morgan fingerprint density at radius 2 is 1.56 bits per heavy atom. The first-order valence-corrected chi connectivity index (χ1v) is 9.49. The normalized spacial score (nSPS) is 14.9. The van der Waals surface area contributed by atoms with Crippen LogP contribution in [0, 0.1) is 5.92 Å². The Morgan fingerprint density at radius 3 is 2.00 bits per heavy atom. The Kier molecular flexibility index (Phi) is 6.08. The first-order chi connectivity index (χ1) is 12.4. The lowest BCUT2D eigenvalue weighted by atomic mass is 9.70. The van der Waals surface area contributed by atoms with E-state index in [9.17, 15) is 10.2 Å². The maximum atomic E-state index is 10.2. The summed E-state index contributed by atoms with van der Waals surface area (Å²) in [5.41, 5.74) is 1.32. The fourth-order valence-corrected chi connectivity index (χ4v) is 2.86. The van der Waals surface area contributed by atoms with E-state index < -0.39 is 11.2 Å².